The molecule has 1 aromatic heterocycles. The van der Waals surface area contributed by atoms with Crippen LogP contribution < -0.4 is 20.1 Å². The van der Waals surface area contributed by atoms with Gasteiger partial charge >= 0.3 is 7.82 Å². The zero-order chi connectivity index (χ0) is 25.7. The first-order valence-electron chi connectivity index (χ1n) is 12.4. The topological polar surface area (TPSA) is 136 Å². The number of likely N-dealkylation sites (tertiary alicyclic amines) is 1. The quantitative estimate of drug-likeness (QED) is 0.296. The van der Waals surface area contributed by atoms with Gasteiger partial charge in [-0.3, -0.25) is 9.79 Å². The molecule has 0 unspecified atom stereocenters. The van der Waals surface area contributed by atoms with Crippen LogP contribution in [-0.2, 0) is 4.57 Å². The molecule has 0 radical (unpaired) electrons. The molecule has 2 aliphatic rings. The van der Waals surface area contributed by atoms with Crippen molar-refractivity contribution in [3.63, 3.8) is 0 Å². The Morgan fingerprint density at radius 3 is 2.36 bits per heavy atom. The summed E-state index contributed by atoms with van der Waals surface area (Å²) in [7, 11) is -0.768. The molecule has 1 aliphatic heterocycles. The number of phosphoric acid groups is 1. The third-order valence-corrected chi connectivity index (χ3v) is 7.20. The Morgan fingerprint density at radius 2 is 1.72 bits per heavy atom. The number of hydrogen-bond donors (Lipinski definition) is 4. The molecule has 36 heavy (non-hydrogen) atoms. The molecule has 1 saturated carbocycles. The minimum Gasteiger partial charge on any atom is -0.401 e. The molecule has 2 aromatic rings. The Morgan fingerprint density at radius 1 is 1.06 bits per heavy atom. The molecule has 0 atom stereocenters. The largest absolute Gasteiger partial charge is 0.524 e. The van der Waals surface area contributed by atoms with Crippen LogP contribution >= 0.6 is 7.82 Å². The van der Waals surface area contributed by atoms with Crippen LogP contribution in [0.25, 0.3) is 0 Å². The molecular weight excluding hydrogens is 488 g/mol. The number of piperidine rings is 1. The number of nitrogens with one attached hydrogen (secondary N) is 2. The van der Waals surface area contributed by atoms with Gasteiger partial charge in [0.05, 0.1) is 0 Å². The summed E-state index contributed by atoms with van der Waals surface area (Å²) in [5.74, 6) is -0.212. The third kappa shape index (κ3) is 7.49. The van der Waals surface area contributed by atoms with Crippen LogP contribution in [0.1, 0.15) is 51.4 Å². The van der Waals surface area contributed by atoms with E-state index in [-0.39, 0.29) is 12.0 Å². The van der Waals surface area contributed by atoms with Crippen molar-refractivity contribution in [1.29, 1.82) is 0 Å². The Kier molecular flexibility index (Phi) is 8.61. The lowest BCUT2D eigenvalue weighted by atomic mass is 10.0. The molecule has 4 rings (SSSR count). The van der Waals surface area contributed by atoms with Gasteiger partial charge in [0.1, 0.15) is 0 Å². The summed E-state index contributed by atoms with van der Waals surface area (Å²) in [6.07, 6.45) is 8.91. The lowest BCUT2D eigenvalue weighted by molar-refractivity contribution is 0.252. The fraction of sp³-hybridized carbons (Fsp3) is 0.609. The van der Waals surface area contributed by atoms with Gasteiger partial charge < -0.3 is 25.0 Å². The van der Waals surface area contributed by atoms with Crippen LogP contribution in [-0.4, -0.2) is 68.9 Å². The zero-order valence-corrected chi connectivity index (χ0v) is 21.6. The van der Waals surface area contributed by atoms with Crippen molar-refractivity contribution >= 4 is 31.4 Å². The van der Waals surface area contributed by atoms with E-state index in [0.29, 0.717) is 23.6 Å². The molecule has 2 heterocycles. The van der Waals surface area contributed by atoms with Crippen LogP contribution in [0.5, 0.6) is 5.75 Å². The number of halogens is 1. The van der Waals surface area contributed by atoms with Crippen LogP contribution in [0.2, 0.25) is 0 Å². The highest BCUT2D eigenvalue weighted by Crippen LogP contribution is 2.39. The average Bonchev–Trinajstić information content (AvgIpc) is 3.09. The summed E-state index contributed by atoms with van der Waals surface area (Å²) < 4.78 is 29.8. The van der Waals surface area contributed by atoms with Gasteiger partial charge in [-0.15, -0.1) is 0 Å². The summed E-state index contributed by atoms with van der Waals surface area (Å²) in [5.41, 5.74) is 0.310. The summed E-state index contributed by atoms with van der Waals surface area (Å²) in [6.45, 7) is 2.00. The van der Waals surface area contributed by atoms with Gasteiger partial charge in [0, 0.05) is 30.9 Å². The maximum Gasteiger partial charge on any atom is 0.524 e. The van der Waals surface area contributed by atoms with Crippen molar-refractivity contribution in [2.75, 3.05) is 42.7 Å². The first-order valence-corrected chi connectivity index (χ1v) is 13.9. The Balaban J connectivity index is 1.57. The lowest BCUT2D eigenvalue weighted by Gasteiger charge is -2.35. The molecule has 11 nitrogen and oxygen atoms in total. The van der Waals surface area contributed by atoms with Gasteiger partial charge in [-0.25, -0.2) is 8.96 Å². The van der Waals surface area contributed by atoms with Crippen molar-refractivity contribution in [2.24, 2.45) is 0 Å². The maximum atomic E-state index is 14.4. The third-order valence-electron chi connectivity index (χ3n) is 6.77. The number of aromatic nitrogens is 3. The lowest BCUT2D eigenvalue weighted by Crippen LogP contribution is -2.42. The van der Waals surface area contributed by atoms with E-state index < -0.39 is 19.4 Å². The second-order valence-electron chi connectivity index (χ2n) is 9.61. The number of nitrogens with zero attached hydrogens (tertiary/aromatic N) is 5. The van der Waals surface area contributed by atoms with E-state index in [0.717, 1.165) is 50.9 Å². The van der Waals surface area contributed by atoms with Crippen LogP contribution in [0, 0.1) is 5.82 Å². The molecule has 0 spiro atoms. The van der Waals surface area contributed by atoms with Crippen LogP contribution in [0.4, 0.5) is 27.9 Å². The van der Waals surface area contributed by atoms with Gasteiger partial charge in [0.15, 0.2) is 11.6 Å². The highest BCUT2D eigenvalue weighted by molar-refractivity contribution is 7.46. The molecule has 0 bridgehead atoms. The fourth-order valence-corrected chi connectivity index (χ4v) is 5.11. The molecule has 4 N–H and O–H groups in total. The molecule has 2 fully saturated rings. The van der Waals surface area contributed by atoms with Crippen molar-refractivity contribution in [2.45, 2.75) is 63.5 Å². The SMILES string of the molecule is CN1CCC(N(C)c2nc(Nc3ccc(OP(=O)(O)O)c(F)c3)nc(NC3CCCCCC3)n2)CC1. The second kappa shape index (κ2) is 11.7. The van der Waals surface area contributed by atoms with E-state index in [1.807, 2.05) is 7.05 Å². The molecule has 1 aromatic carbocycles. The van der Waals surface area contributed by atoms with Gasteiger partial charge in [-0.2, -0.15) is 15.0 Å². The number of rotatable bonds is 8. The zero-order valence-electron chi connectivity index (χ0n) is 20.7. The standard InChI is InChI=1S/C23H35FN7O4P/c1-30-13-11-18(12-14-30)31(2)23-28-21(25-16-7-5-3-4-6-8-16)27-22(29-23)26-17-9-10-20(19(24)15-17)35-36(32,33)34/h9-10,15-16,18H,3-8,11-14H2,1-2H3,(H2,32,33,34)(H2,25,26,27,28,29). The highest BCUT2D eigenvalue weighted by atomic mass is 31.2. The number of phosphoric ester groups is 1. The van der Waals surface area contributed by atoms with E-state index in [1.54, 1.807) is 0 Å². The highest BCUT2D eigenvalue weighted by Gasteiger charge is 2.24. The van der Waals surface area contributed by atoms with Gasteiger partial charge in [0.25, 0.3) is 0 Å². The van der Waals surface area contributed by atoms with E-state index in [1.165, 1.54) is 31.7 Å². The second-order valence-corrected chi connectivity index (χ2v) is 10.8. The fourth-order valence-electron chi connectivity index (χ4n) is 4.70. The molecule has 0 amide bonds. The van der Waals surface area contributed by atoms with E-state index in [9.17, 15) is 8.96 Å². The molecule has 1 aliphatic carbocycles. The minimum atomic E-state index is -4.87. The summed E-state index contributed by atoms with van der Waals surface area (Å²) >= 11 is 0. The Labute approximate surface area is 210 Å². The maximum absolute atomic E-state index is 14.4. The average molecular weight is 524 g/mol. The summed E-state index contributed by atoms with van der Waals surface area (Å²) in [5, 5.41) is 6.48. The van der Waals surface area contributed by atoms with E-state index in [4.69, 9.17) is 14.8 Å². The van der Waals surface area contributed by atoms with Crippen molar-refractivity contribution in [1.82, 2.24) is 19.9 Å². The Bertz CT molecular complexity index is 1070. The molecule has 13 heteroatoms. The number of benzene rings is 1. The van der Waals surface area contributed by atoms with E-state index in [2.05, 4.69) is 42.0 Å². The molecular formula is C23H35FN7O4P. The predicted molar refractivity (Wildman–Crippen MR) is 136 cm³/mol. The van der Waals surface area contributed by atoms with Crippen molar-refractivity contribution < 1.29 is 23.3 Å². The summed E-state index contributed by atoms with van der Waals surface area (Å²) in [6, 6.07) is 4.24. The number of anilines is 4. The molecule has 198 valence electrons. The molecule has 1 saturated heterocycles. The van der Waals surface area contributed by atoms with Gasteiger partial charge in [-0.05, 0) is 58.0 Å². The van der Waals surface area contributed by atoms with Crippen LogP contribution in [0.3, 0.4) is 0 Å². The Hall–Kier alpha value is -2.53. The first kappa shape index (κ1) is 26.5. The van der Waals surface area contributed by atoms with E-state index >= 15 is 0 Å². The first-order chi connectivity index (χ1) is 17.2. The van der Waals surface area contributed by atoms with Crippen molar-refractivity contribution in [3.8, 4) is 5.75 Å². The van der Waals surface area contributed by atoms with Gasteiger partial charge in [-0.1, -0.05) is 25.7 Å². The van der Waals surface area contributed by atoms with Crippen molar-refractivity contribution in [3.05, 3.63) is 24.0 Å². The van der Waals surface area contributed by atoms with Gasteiger partial charge in [0.2, 0.25) is 17.8 Å². The predicted octanol–water partition coefficient (Wildman–Crippen LogP) is 3.89. The van der Waals surface area contributed by atoms with Crippen LogP contribution in [0.15, 0.2) is 18.2 Å². The minimum absolute atomic E-state index is 0.249. The normalized spacial score (nSPS) is 18.5. The smallest absolute Gasteiger partial charge is 0.401 e. The summed E-state index contributed by atoms with van der Waals surface area (Å²) in [4.78, 5) is 36.2. The monoisotopic (exact) mass is 523 g/mol. The number of hydrogen-bond acceptors (Lipinski definition) is 9.